The van der Waals surface area contributed by atoms with E-state index in [9.17, 15) is 9.90 Å². The van der Waals surface area contributed by atoms with Gasteiger partial charge >= 0.3 is 0 Å². The zero-order chi connectivity index (χ0) is 9.97. The fourth-order valence-electron chi connectivity index (χ4n) is 1.91. The SMILES string of the molecule is O=C([C@H]1C[C@H](O)CN1)N1CCOCC1. The summed E-state index contributed by atoms with van der Waals surface area (Å²) in [6.45, 7) is 3.13. The minimum Gasteiger partial charge on any atom is -0.392 e. The Hall–Kier alpha value is -0.650. The maximum absolute atomic E-state index is 11.8. The summed E-state index contributed by atoms with van der Waals surface area (Å²) < 4.78 is 5.17. The smallest absolute Gasteiger partial charge is 0.239 e. The average molecular weight is 200 g/mol. The van der Waals surface area contributed by atoms with Crippen LogP contribution in [-0.2, 0) is 9.53 Å². The number of carbonyl (C=O) groups is 1. The predicted molar refractivity (Wildman–Crippen MR) is 49.8 cm³/mol. The van der Waals surface area contributed by atoms with Gasteiger partial charge in [-0.25, -0.2) is 0 Å². The van der Waals surface area contributed by atoms with Crippen molar-refractivity contribution in [2.24, 2.45) is 0 Å². The summed E-state index contributed by atoms with van der Waals surface area (Å²) in [6, 6.07) is -0.192. The van der Waals surface area contributed by atoms with E-state index in [0.29, 0.717) is 39.3 Å². The van der Waals surface area contributed by atoms with E-state index in [1.54, 1.807) is 4.90 Å². The first kappa shape index (κ1) is 9.89. The van der Waals surface area contributed by atoms with Crippen LogP contribution in [0.5, 0.6) is 0 Å². The fourth-order valence-corrected chi connectivity index (χ4v) is 1.91. The molecule has 0 aromatic heterocycles. The van der Waals surface area contributed by atoms with Gasteiger partial charge in [-0.1, -0.05) is 0 Å². The number of hydrogen-bond donors (Lipinski definition) is 2. The molecule has 1 amide bonds. The Kier molecular flexibility index (Phi) is 3.00. The van der Waals surface area contributed by atoms with Gasteiger partial charge in [-0.2, -0.15) is 0 Å². The second-order valence-electron chi connectivity index (χ2n) is 3.79. The fraction of sp³-hybridized carbons (Fsp3) is 0.889. The van der Waals surface area contributed by atoms with E-state index in [0.717, 1.165) is 0 Å². The molecule has 2 fully saturated rings. The summed E-state index contributed by atoms with van der Waals surface area (Å²) in [6.07, 6.45) is 0.168. The molecule has 2 heterocycles. The van der Waals surface area contributed by atoms with Crippen LogP contribution in [0.1, 0.15) is 6.42 Å². The molecule has 0 radical (unpaired) electrons. The molecule has 2 aliphatic heterocycles. The molecule has 0 aromatic carbocycles. The van der Waals surface area contributed by atoms with E-state index in [-0.39, 0.29) is 18.1 Å². The van der Waals surface area contributed by atoms with Crippen molar-refractivity contribution >= 4 is 5.91 Å². The first-order valence-electron chi connectivity index (χ1n) is 5.05. The number of ether oxygens (including phenoxy) is 1. The summed E-state index contributed by atoms with van der Waals surface area (Å²) in [5, 5.41) is 12.3. The zero-order valence-corrected chi connectivity index (χ0v) is 8.11. The average Bonchev–Trinajstić information content (AvgIpc) is 2.65. The minimum absolute atomic E-state index is 0.102. The Morgan fingerprint density at radius 3 is 2.71 bits per heavy atom. The van der Waals surface area contributed by atoms with Gasteiger partial charge in [0.15, 0.2) is 0 Å². The van der Waals surface area contributed by atoms with Crippen LogP contribution in [0.25, 0.3) is 0 Å². The van der Waals surface area contributed by atoms with E-state index in [1.165, 1.54) is 0 Å². The van der Waals surface area contributed by atoms with E-state index in [2.05, 4.69) is 5.32 Å². The molecule has 0 aromatic rings. The molecule has 14 heavy (non-hydrogen) atoms. The van der Waals surface area contributed by atoms with Crippen LogP contribution < -0.4 is 5.32 Å². The lowest BCUT2D eigenvalue weighted by Gasteiger charge is -2.29. The summed E-state index contributed by atoms with van der Waals surface area (Å²) >= 11 is 0. The van der Waals surface area contributed by atoms with Gasteiger partial charge in [0.05, 0.1) is 25.4 Å². The number of nitrogens with one attached hydrogen (secondary N) is 1. The number of carbonyl (C=O) groups excluding carboxylic acids is 1. The van der Waals surface area contributed by atoms with Crippen LogP contribution >= 0.6 is 0 Å². The lowest BCUT2D eigenvalue weighted by molar-refractivity contribution is -0.137. The third-order valence-electron chi connectivity index (χ3n) is 2.73. The quantitative estimate of drug-likeness (QED) is 0.544. The van der Waals surface area contributed by atoms with Crippen molar-refractivity contribution in [3.63, 3.8) is 0 Å². The molecule has 2 atom stereocenters. The largest absolute Gasteiger partial charge is 0.392 e. The van der Waals surface area contributed by atoms with Crippen molar-refractivity contribution < 1.29 is 14.6 Å². The van der Waals surface area contributed by atoms with Crippen LogP contribution in [0.4, 0.5) is 0 Å². The summed E-state index contributed by atoms with van der Waals surface area (Å²) in [4.78, 5) is 13.6. The molecule has 5 nitrogen and oxygen atoms in total. The molecule has 2 aliphatic rings. The number of rotatable bonds is 1. The van der Waals surface area contributed by atoms with Crippen LogP contribution in [0.2, 0.25) is 0 Å². The second kappa shape index (κ2) is 4.25. The monoisotopic (exact) mass is 200 g/mol. The van der Waals surface area contributed by atoms with Crippen molar-refractivity contribution in [1.82, 2.24) is 10.2 Å². The van der Waals surface area contributed by atoms with E-state index < -0.39 is 0 Å². The Morgan fingerprint density at radius 1 is 1.43 bits per heavy atom. The zero-order valence-electron chi connectivity index (χ0n) is 8.11. The molecule has 2 rings (SSSR count). The molecule has 0 bridgehead atoms. The Bertz CT molecular complexity index is 209. The number of aliphatic hydroxyl groups is 1. The third-order valence-corrected chi connectivity index (χ3v) is 2.73. The van der Waals surface area contributed by atoms with Gasteiger partial charge in [-0.3, -0.25) is 4.79 Å². The van der Waals surface area contributed by atoms with Gasteiger partial charge in [0.1, 0.15) is 0 Å². The van der Waals surface area contributed by atoms with Crippen molar-refractivity contribution in [3.05, 3.63) is 0 Å². The molecular formula is C9H16N2O3. The highest BCUT2D eigenvalue weighted by Gasteiger charge is 2.31. The summed E-state index contributed by atoms with van der Waals surface area (Å²) in [5.41, 5.74) is 0. The highest BCUT2D eigenvalue weighted by Crippen LogP contribution is 2.10. The number of morpholine rings is 1. The lowest BCUT2D eigenvalue weighted by Crippen LogP contribution is -2.48. The normalized spacial score (nSPS) is 33.4. The molecule has 0 aliphatic carbocycles. The highest BCUT2D eigenvalue weighted by atomic mass is 16.5. The third kappa shape index (κ3) is 2.05. The molecule has 2 saturated heterocycles. The first-order valence-corrected chi connectivity index (χ1v) is 5.05. The molecule has 0 spiro atoms. The number of aliphatic hydroxyl groups excluding tert-OH is 1. The van der Waals surface area contributed by atoms with E-state index >= 15 is 0 Å². The van der Waals surface area contributed by atoms with Crippen LogP contribution in [0.15, 0.2) is 0 Å². The van der Waals surface area contributed by atoms with Crippen LogP contribution in [0, 0.1) is 0 Å². The Balaban J connectivity index is 1.87. The topological polar surface area (TPSA) is 61.8 Å². The lowest BCUT2D eigenvalue weighted by atomic mass is 10.2. The van der Waals surface area contributed by atoms with Gasteiger partial charge in [-0.15, -0.1) is 0 Å². The van der Waals surface area contributed by atoms with Crippen molar-refractivity contribution in [2.75, 3.05) is 32.8 Å². The molecule has 0 saturated carbocycles. The van der Waals surface area contributed by atoms with Crippen LogP contribution in [-0.4, -0.2) is 60.9 Å². The maximum atomic E-state index is 11.8. The van der Waals surface area contributed by atoms with Crippen molar-refractivity contribution in [3.8, 4) is 0 Å². The van der Waals surface area contributed by atoms with Gasteiger partial charge in [0.2, 0.25) is 5.91 Å². The van der Waals surface area contributed by atoms with E-state index in [4.69, 9.17) is 4.74 Å². The number of hydrogen-bond acceptors (Lipinski definition) is 4. The second-order valence-corrected chi connectivity index (χ2v) is 3.79. The number of nitrogens with zero attached hydrogens (tertiary/aromatic N) is 1. The standard InChI is InChI=1S/C9H16N2O3/c12-7-5-8(10-6-7)9(13)11-1-3-14-4-2-11/h7-8,10,12H,1-6H2/t7-,8+/m0/s1. The molecule has 5 heteroatoms. The van der Waals surface area contributed by atoms with Gasteiger partial charge < -0.3 is 20.1 Å². The van der Waals surface area contributed by atoms with Crippen LogP contribution in [0.3, 0.4) is 0 Å². The Morgan fingerprint density at radius 2 is 2.14 bits per heavy atom. The molecule has 0 unspecified atom stereocenters. The molecule has 2 N–H and O–H groups in total. The van der Waals surface area contributed by atoms with Gasteiger partial charge in [0, 0.05) is 19.6 Å². The minimum atomic E-state index is -0.370. The van der Waals surface area contributed by atoms with Gasteiger partial charge in [0.25, 0.3) is 0 Å². The molecule has 80 valence electrons. The highest BCUT2D eigenvalue weighted by molar-refractivity contribution is 5.82. The maximum Gasteiger partial charge on any atom is 0.239 e. The summed E-state index contributed by atoms with van der Waals surface area (Å²) in [5.74, 6) is 0.102. The van der Waals surface area contributed by atoms with E-state index in [1.807, 2.05) is 0 Å². The van der Waals surface area contributed by atoms with Crippen molar-refractivity contribution in [1.29, 1.82) is 0 Å². The Labute approximate surface area is 83.0 Å². The molecular weight excluding hydrogens is 184 g/mol. The van der Waals surface area contributed by atoms with Gasteiger partial charge in [-0.05, 0) is 6.42 Å². The first-order chi connectivity index (χ1) is 6.77. The number of β-amino-alcohol motifs (C(OH)–C–C–N with tert-alkyl or cyclic N) is 1. The number of amides is 1. The summed E-state index contributed by atoms with van der Waals surface area (Å²) in [7, 11) is 0. The predicted octanol–water partition coefficient (Wildman–Crippen LogP) is -1.43. The van der Waals surface area contributed by atoms with Crippen molar-refractivity contribution in [2.45, 2.75) is 18.6 Å².